The molecular weight excluding hydrogens is 476 g/mol. The summed E-state index contributed by atoms with van der Waals surface area (Å²) in [5, 5.41) is 3.12. The molecule has 1 unspecified atom stereocenters. The van der Waals surface area contributed by atoms with Gasteiger partial charge >= 0.3 is 6.03 Å². The topological polar surface area (TPSA) is 97.0 Å². The maximum Gasteiger partial charge on any atom is 0.318 e. The van der Waals surface area contributed by atoms with Crippen molar-refractivity contribution in [2.45, 2.75) is 71.6 Å². The fourth-order valence-electron chi connectivity index (χ4n) is 4.35. The Kier molecular flexibility index (Phi) is 10.3. The van der Waals surface area contributed by atoms with Crippen molar-refractivity contribution in [1.29, 1.82) is 0 Å². The summed E-state index contributed by atoms with van der Waals surface area (Å²) in [7, 11) is 0. The van der Waals surface area contributed by atoms with Gasteiger partial charge in [0, 0.05) is 55.6 Å². The number of nitrogens with one attached hydrogen (secondary N) is 2. The lowest BCUT2D eigenvalue weighted by molar-refractivity contribution is 0.113. The number of nitrogens with zero attached hydrogens (tertiary/aromatic N) is 2. The first kappa shape index (κ1) is 28.1. The van der Waals surface area contributed by atoms with E-state index in [1.165, 1.54) is 5.56 Å². The van der Waals surface area contributed by atoms with Gasteiger partial charge in [0.2, 0.25) is 0 Å². The van der Waals surface area contributed by atoms with Crippen LogP contribution in [0.2, 0.25) is 0 Å². The van der Waals surface area contributed by atoms with Gasteiger partial charge in [-0.25, -0.2) is 9.52 Å². The van der Waals surface area contributed by atoms with Crippen molar-refractivity contribution >= 4 is 17.3 Å². The third-order valence-electron chi connectivity index (χ3n) is 6.09. The Bertz CT molecular complexity index is 984. The zero-order valence-electron chi connectivity index (χ0n) is 21.8. The molecule has 2 aromatic rings. The fraction of sp³-hybridized carbons (Fsp3) is 0.519. The molecule has 0 radical (unpaired) electrons. The Hall–Kier alpha value is -2.46. The van der Waals surface area contributed by atoms with E-state index in [0.29, 0.717) is 5.75 Å². The minimum Gasteiger partial charge on any atom is -0.760 e. The lowest BCUT2D eigenvalue weighted by atomic mass is 10.0. The molecule has 0 saturated carbocycles. The van der Waals surface area contributed by atoms with Gasteiger partial charge in [-0.3, -0.25) is 9.11 Å². The van der Waals surface area contributed by atoms with Crippen LogP contribution >= 0.6 is 0 Å². The summed E-state index contributed by atoms with van der Waals surface area (Å²) in [6.45, 7) is 12.0. The van der Waals surface area contributed by atoms with Crippen molar-refractivity contribution in [3.63, 3.8) is 0 Å². The van der Waals surface area contributed by atoms with Crippen LogP contribution in [0.15, 0.2) is 48.5 Å². The number of ether oxygens (including phenoxy) is 1. The number of piperidine rings is 1. The number of carbonyl (C=O) groups is 1. The number of rotatable bonds is 10. The normalized spacial score (nSPS) is 15.9. The summed E-state index contributed by atoms with van der Waals surface area (Å²) in [4.78, 5) is 17.3. The second-order valence-electron chi connectivity index (χ2n) is 10.3. The minimum absolute atomic E-state index is 0.0450. The number of hydrogen-bond acceptors (Lipinski definition) is 5. The smallest absolute Gasteiger partial charge is 0.318 e. The molecule has 2 aromatic carbocycles. The molecule has 198 valence electrons. The van der Waals surface area contributed by atoms with E-state index in [1.54, 1.807) is 0 Å². The van der Waals surface area contributed by atoms with E-state index in [1.807, 2.05) is 62.1 Å². The molecule has 0 spiro atoms. The number of hydrogen-bond donors (Lipinski definition) is 2. The Morgan fingerprint density at radius 2 is 1.61 bits per heavy atom. The molecule has 1 aliphatic rings. The van der Waals surface area contributed by atoms with Crippen molar-refractivity contribution in [2.24, 2.45) is 0 Å². The van der Waals surface area contributed by atoms with Crippen molar-refractivity contribution in [2.75, 3.05) is 19.6 Å². The standard InChI is InChI=1S/C27H40N4O4S/c1-5-16-31(26(32)29-27(2,3)4)23-14-17-30(18-15-23)20-22-8-12-25(13-9-22)35-24-10-6-21(7-11-24)19-28-36(33)34/h6-13,23,28H,5,14-20H2,1-4H3,(H,29,32)(H,33,34)/p-1. The van der Waals surface area contributed by atoms with Crippen LogP contribution in [0.4, 0.5) is 4.79 Å². The van der Waals surface area contributed by atoms with Gasteiger partial charge in [0.15, 0.2) is 0 Å². The molecule has 2 amide bonds. The van der Waals surface area contributed by atoms with Gasteiger partial charge in [0.05, 0.1) is 0 Å². The SMILES string of the molecule is CCCN(C(=O)NC(C)(C)C)C1CCN(Cc2ccc(Oc3ccc(CNS(=O)[O-])cc3)cc2)CC1. The predicted molar refractivity (Wildman–Crippen MR) is 142 cm³/mol. The highest BCUT2D eigenvalue weighted by Gasteiger charge is 2.29. The maximum atomic E-state index is 12.8. The number of carbonyl (C=O) groups excluding carboxylic acids is 1. The largest absolute Gasteiger partial charge is 0.760 e. The molecule has 1 saturated heterocycles. The van der Waals surface area contributed by atoms with Gasteiger partial charge in [-0.15, -0.1) is 0 Å². The first-order valence-electron chi connectivity index (χ1n) is 12.6. The van der Waals surface area contributed by atoms with Gasteiger partial charge in [0.25, 0.3) is 0 Å². The van der Waals surface area contributed by atoms with Crippen LogP contribution in [0.3, 0.4) is 0 Å². The van der Waals surface area contributed by atoms with E-state index in [-0.39, 0.29) is 24.2 Å². The van der Waals surface area contributed by atoms with Crippen LogP contribution in [0.5, 0.6) is 11.5 Å². The average Bonchev–Trinajstić information content (AvgIpc) is 2.83. The Morgan fingerprint density at radius 3 is 2.11 bits per heavy atom. The van der Waals surface area contributed by atoms with Crippen molar-refractivity contribution in [3.05, 3.63) is 59.7 Å². The highest BCUT2D eigenvalue weighted by molar-refractivity contribution is 7.77. The number of benzene rings is 2. The highest BCUT2D eigenvalue weighted by atomic mass is 32.2. The van der Waals surface area contributed by atoms with E-state index in [2.05, 4.69) is 34.0 Å². The molecule has 0 aliphatic carbocycles. The first-order valence-corrected chi connectivity index (χ1v) is 13.7. The van der Waals surface area contributed by atoms with Gasteiger partial charge in [0.1, 0.15) is 11.5 Å². The van der Waals surface area contributed by atoms with Crippen LogP contribution in [0, 0.1) is 0 Å². The zero-order valence-corrected chi connectivity index (χ0v) is 22.6. The van der Waals surface area contributed by atoms with Crippen molar-refractivity contribution in [1.82, 2.24) is 19.8 Å². The second-order valence-corrected chi connectivity index (χ2v) is 11.1. The molecule has 2 N–H and O–H groups in total. The van der Waals surface area contributed by atoms with Crippen molar-refractivity contribution in [3.8, 4) is 11.5 Å². The van der Waals surface area contributed by atoms with Crippen LogP contribution < -0.4 is 14.8 Å². The summed E-state index contributed by atoms with van der Waals surface area (Å²) in [5.74, 6) is 1.45. The fourth-order valence-corrected chi connectivity index (χ4v) is 4.63. The highest BCUT2D eigenvalue weighted by Crippen LogP contribution is 2.24. The molecule has 8 nitrogen and oxygen atoms in total. The van der Waals surface area contributed by atoms with Gasteiger partial charge in [-0.1, -0.05) is 31.2 Å². The average molecular weight is 516 g/mol. The molecule has 1 aliphatic heterocycles. The molecule has 3 rings (SSSR count). The van der Waals surface area contributed by atoms with Crippen LogP contribution in [0.25, 0.3) is 0 Å². The second kappa shape index (κ2) is 13.2. The molecule has 1 atom stereocenters. The Labute approximate surface area is 217 Å². The zero-order chi connectivity index (χ0) is 26.1. The summed E-state index contributed by atoms with van der Waals surface area (Å²) in [6.07, 6.45) is 2.92. The third kappa shape index (κ3) is 9.20. The number of urea groups is 1. The summed E-state index contributed by atoms with van der Waals surface area (Å²) >= 11 is -2.27. The van der Waals surface area contributed by atoms with E-state index in [4.69, 9.17) is 4.74 Å². The van der Waals surface area contributed by atoms with Crippen LogP contribution in [-0.2, 0) is 24.4 Å². The molecule has 0 aromatic heterocycles. The number of amides is 2. The van der Waals surface area contributed by atoms with E-state index in [0.717, 1.165) is 56.8 Å². The summed E-state index contributed by atoms with van der Waals surface area (Å²) in [6, 6.07) is 15.8. The minimum atomic E-state index is -2.27. The van der Waals surface area contributed by atoms with Gasteiger partial charge in [-0.2, -0.15) is 0 Å². The molecule has 1 heterocycles. The van der Waals surface area contributed by atoms with Gasteiger partial charge in [-0.05, 0) is 75.4 Å². The molecule has 9 heteroatoms. The van der Waals surface area contributed by atoms with Crippen LogP contribution in [0.1, 0.15) is 58.1 Å². The van der Waals surface area contributed by atoms with E-state index in [9.17, 15) is 13.6 Å². The first-order chi connectivity index (χ1) is 17.1. The summed E-state index contributed by atoms with van der Waals surface area (Å²) < 4.78 is 29.5. The predicted octanol–water partition coefficient (Wildman–Crippen LogP) is 4.55. The monoisotopic (exact) mass is 515 g/mol. The van der Waals surface area contributed by atoms with Crippen molar-refractivity contribution < 1.29 is 18.3 Å². The van der Waals surface area contributed by atoms with Gasteiger partial charge < -0.3 is 19.5 Å². The molecule has 0 bridgehead atoms. The quantitative estimate of drug-likeness (QED) is 0.453. The molecule has 1 fully saturated rings. The molecular formula is C27H39N4O4S-. The summed E-state index contributed by atoms with van der Waals surface area (Å²) in [5.41, 5.74) is 1.85. The van der Waals surface area contributed by atoms with Crippen LogP contribution in [-0.4, -0.2) is 55.8 Å². The lowest BCUT2D eigenvalue weighted by Gasteiger charge is -2.39. The Morgan fingerprint density at radius 1 is 1.06 bits per heavy atom. The maximum absolute atomic E-state index is 12.8. The Balaban J connectivity index is 1.48. The lowest BCUT2D eigenvalue weighted by Crippen LogP contribution is -2.54. The number of likely N-dealkylation sites (tertiary alicyclic amines) is 1. The molecule has 36 heavy (non-hydrogen) atoms. The van der Waals surface area contributed by atoms with E-state index >= 15 is 0 Å². The van der Waals surface area contributed by atoms with E-state index < -0.39 is 11.3 Å². The third-order valence-corrected chi connectivity index (χ3v) is 6.47.